The second kappa shape index (κ2) is 12.3. The third-order valence-electron chi connectivity index (χ3n) is 5.78. The summed E-state index contributed by atoms with van der Waals surface area (Å²) < 4.78 is 41.9. The van der Waals surface area contributed by atoms with Crippen LogP contribution in [0, 0.1) is 16.0 Å². The number of carbonyl (C=O) groups is 1. The molecule has 36 heavy (non-hydrogen) atoms. The van der Waals surface area contributed by atoms with Gasteiger partial charge in [0.15, 0.2) is 0 Å². The highest BCUT2D eigenvalue weighted by Gasteiger charge is 2.32. The number of ether oxygens (including phenoxy) is 1. The summed E-state index contributed by atoms with van der Waals surface area (Å²) in [6, 6.07) is 5.85. The van der Waals surface area contributed by atoms with E-state index in [0.717, 1.165) is 31.9 Å². The molecular formula is C22H27F3N6O5. The molecule has 3 rings (SSSR count). The number of nitrogens with zero attached hydrogens (tertiary/aromatic N) is 3. The van der Waals surface area contributed by atoms with Crippen molar-refractivity contribution in [3.05, 3.63) is 46.1 Å². The number of nitrogens with one attached hydrogen (secondary N) is 3. The molecule has 0 atom stereocenters. The molecule has 0 unspecified atom stereocenters. The van der Waals surface area contributed by atoms with Crippen LogP contribution in [0.25, 0.3) is 0 Å². The molecule has 1 aliphatic rings. The molecule has 1 heterocycles. The van der Waals surface area contributed by atoms with Crippen molar-refractivity contribution in [2.24, 2.45) is 5.92 Å². The Hall–Kier alpha value is -3.68. The van der Waals surface area contributed by atoms with E-state index in [4.69, 9.17) is 5.11 Å². The van der Waals surface area contributed by atoms with E-state index < -0.39 is 17.3 Å². The first-order valence-corrected chi connectivity index (χ1v) is 11.4. The number of nitro groups is 1. The number of aromatic nitrogens is 2. The zero-order valence-electron chi connectivity index (χ0n) is 19.3. The van der Waals surface area contributed by atoms with Gasteiger partial charge in [0, 0.05) is 31.2 Å². The monoisotopic (exact) mass is 512 g/mol. The van der Waals surface area contributed by atoms with E-state index in [1.54, 1.807) is 6.07 Å². The molecular weight excluding hydrogens is 485 g/mol. The molecule has 0 saturated heterocycles. The lowest BCUT2D eigenvalue weighted by Gasteiger charge is -2.29. The molecule has 0 bridgehead atoms. The maximum atomic E-state index is 12.6. The first-order valence-electron chi connectivity index (χ1n) is 11.4. The predicted molar refractivity (Wildman–Crippen MR) is 124 cm³/mol. The van der Waals surface area contributed by atoms with Crippen LogP contribution >= 0.6 is 0 Å². The molecule has 1 aromatic heterocycles. The SMILES string of the molecule is O=C(O)CCN[C@H]1CC[C@H](CNc2nc(NCc3ccccc3OC(F)(F)F)ncc2[N+](=O)[O-])CC1. The van der Waals surface area contributed by atoms with Gasteiger partial charge in [-0.25, -0.2) is 4.98 Å². The summed E-state index contributed by atoms with van der Waals surface area (Å²) in [5.74, 6) is -0.944. The lowest BCUT2D eigenvalue weighted by Crippen LogP contribution is -2.35. The maximum Gasteiger partial charge on any atom is 0.573 e. The van der Waals surface area contributed by atoms with Gasteiger partial charge in [-0.15, -0.1) is 13.2 Å². The quantitative estimate of drug-likeness (QED) is 0.243. The van der Waals surface area contributed by atoms with Crippen LogP contribution < -0.4 is 20.7 Å². The smallest absolute Gasteiger partial charge is 0.481 e. The fourth-order valence-electron chi connectivity index (χ4n) is 3.97. The molecule has 0 aliphatic heterocycles. The minimum Gasteiger partial charge on any atom is -0.481 e. The number of benzene rings is 1. The lowest BCUT2D eigenvalue weighted by molar-refractivity contribution is -0.384. The van der Waals surface area contributed by atoms with Crippen LogP contribution in [-0.4, -0.2) is 51.5 Å². The second-order valence-corrected chi connectivity index (χ2v) is 8.39. The van der Waals surface area contributed by atoms with Crippen molar-refractivity contribution in [3.8, 4) is 5.75 Å². The van der Waals surface area contributed by atoms with Crippen molar-refractivity contribution in [1.29, 1.82) is 0 Å². The van der Waals surface area contributed by atoms with Crippen molar-refractivity contribution >= 4 is 23.4 Å². The van der Waals surface area contributed by atoms with Gasteiger partial charge in [-0.3, -0.25) is 14.9 Å². The zero-order valence-corrected chi connectivity index (χ0v) is 19.3. The Labute approximate surface area is 204 Å². The number of carboxylic acids is 1. The number of hydrogen-bond acceptors (Lipinski definition) is 9. The molecule has 0 spiro atoms. The topological polar surface area (TPSA) is 152 Å². The van der Waals surface area contributed by atoms with Crippen molar-refractivity contribution in [1.82, 2.24) is 15.3 Å². The van der Waals surface area contributed by atoms with Crippen LogP contribution in [0.5, 0.6) is 5.75 Å². The van der Waals surface area contributed by atoms with E-state index in [1.165, 1.54) is 18.2 Å². The van der Waals surface area contributed by atoms with Crippen molar-refractivity contribution in [2.45, 2.75) is 51.1 Å². The second-order valence-electron chi connectivity index (χ2n) is 8.39. The summed E-state index contributed by atoms with van der Waals surface area (Å²) >= 11 is 0. The van der Waals surface area contributed by atoms with E-state index in [0.29, 0.717) is 13.1 Å². The van der Waals surface area contributed by atoms with Crippen molar-refractivity contribution in [3.63, 3.8) is 0 Å². The Kier molecular flexibility index (Phi) is 9.22. The molecule has 0 amide bonds. The van der Waals surface area contributed by atoms with Gasteiger partial charge in [0.05, 0.1) is 11.3 Å². The zero-order chi connectivity index (χ0) is 26.1. The summed E-state index contributed by atoms with van der Waals surface area (Å²) in [6.07, 6.45) is -0.288. The molecule has 1 aromatic carbocycles. The Bertz CT molecular complexity index is 1050. The highest BCUT2D eigenvalue weighted by molar-refractivity contribution is 5.66. The molecule has 4 N–H and O–H groups in total. The Morgan fingerprint density at radius 3 is 2.58 bits per heavy atom. The average Bonchev–Trinajstić information content (AvgIpc) is 2.81. The third-order valence-corrected chi connectivity index (χ3v) is 5.78. The molecule has 14 heteroatoms. The summed E-state index contributed by atoms with van der Waals surface area (Å²) in [7, 11) is 0. The van der Waals surface area contributed by atoms with Gasteiger partial charge < -0.3 is 25.8 Å². The van der Waals surface area contributed by atoms with Gasteiger partial charge in [-0.1, -0.05) is 18.2 Å². The highest BCUT2D eigenvalue weighted by Crippen LogP contribution is 2.29. The van der Waals surface area contributed by atoms with Gasteiger partial charge in [0.25, 0.3) is 0 Å². The Morgan fingerprint density at radius 1 is 1.19 bits per heavy atom. The van der Waals surface area contributed by atoms with Gasteiger partial charge in [0.1, 0.15) is 11.9 Å². The van der Waals surface area contributed by atoms with Crippen molar-refractivity contribution in [2.75, 3.05) is 23.7 Å². The normalized spacial score (nSPS) is 17.9. The number of aliphatic carboxylic acids is 1. The highest BCUT2D eigenvalue weighted by atomic mass is 19.4. The fourth-order valence-corrected chi connectivity index (χ4v) is 3.97. The Balaban J connectivity index is 1.57. The van der Waals surface area contributed by atoms with Crippen LogP contribution in [-0.2, 0) is 11.3 Å². The molecule has 2 aromatic rings. The minimum atomic E-state index is -4.84. The van der Waals surface area contributed by atoms with E-state index in [1.807, 2.05) is 0 Å². The van der Waals surface area contributed by atoms with Gasteiger partial charge >= 0.3 is 18.0 Å². The maximum absolute atomic E-state index is 12.6. The van der Waals surface area contributed by atoms with Crippen LogP contribution in [0.4, 0.5) is 30.6 Å². The van der Waals surface area contributed by atoms with Crippen LogP contribution in [0.3, 0.4) is 0 Å². The summed E-state index contributed by atoms with van der Waals surface area (Å²) in [4.78, 5) is 29.5. The van der Waals surface area contributed by atoms with Gasteiger partial charge in [0.2, 0.25) is 11.8 Å². The molecule has 0 radical (unpaired) electrons. The summed E-state index contributed by atoms with van der Waals surface area (Å²) in [6.45, 7) is 0.766. The van der Waals surface area contributed by atoms with E-state index in [-0.39, 0.29) is 53.7 Å². The van der Waals surface area contributed by atoms with Crippen molar-refractivity contribution < 1.29 is 32.7 Å². The molecule has 1 saturated carbocycles. The number of anilines is 2. The number of halogens is 3. The average molecular weight is 512 g/mol. The molecule has 11 nitrogen and oxygen atoms in total. The number of para-hydroxylation sites is 1. The van der Waals surface area contributed by atoms with Crippen LogP contribution in [0.2, 0.25) is 0 Å². The summed E-state index contributed by atoms with van der Waals surface area (Å²) in [5, 5.41) is 29.2. The first kappa shape index (κ1) is 26.9. The van der Waals surface area contributed by atoms with E-state index in [9.17, 15) is 28.1 Å². The van der Waals surface area contributed by atoms with E-state index in [2.05, 4.69) is 30.7 Å². The van der Waals surface area contributed by atoms with E-state index >= 15 is 0 Å². The standard InChI is InChI=1S/C22H27F3N6O5/c23-22(24,25)36-18-4-2-1-3-15(18)12-28-21-29-13-17(31(34)35)20(30-21)27-11-14-5-7-16(8-6-14)26-10-9-19(32)33/h1-4,13-14,16,26H,5-12H2,(H,32,33)(H2,27,28,29,30)/t14-,16-. The van der Waals surface area contributed by atoms with Crippen LogP contribution in [0.15, 0.2) is 30.5 Å². The predicted octanol–water partition coefficient (Wildman–Crippen LogP) is 3.93. The van der Waals surface area contributed by atoms with Gasteiger partial charge in [-0.05, 0) is 37.7 Å². The minimum absolute atomic E-state index is 0.0104. The van der Waals surface area contributed by atoms with Crippen LogP contribution in [0.1, 0.15) is 37.7 Å². The first-order chi connectivity index (χ1) is 17.1. The third kappa shape index (κ3) is 8.52. The number of hydrogen-bond donors (Lipinski definition) is 4. The number of rotatable bonds is 12. The Morgan fingerprint density at radius 2 is 1.92 bits per heavy atom. The number of alkyl halides is 3. The lowest BCUT2D eigenvalue weighted by atomic mass is 9.86. The molecule has 1 aliphatic carbocycles. The molecule has 1 fully saturated rings. The van der Waals surface area contributed by atoms with Gasteiger partial charge in [-0.2, -0.15) is 4.98 Å². The molecule has 196 valence electrons. The summed E-state index contributed by atoms with van der Waals surface area (Å²) in [5.41, 5.74) is -0.106. The number of carboxylic acid groups (broad SMARTS) is 1. The fraction of sp³-hybridized carbons (Fsp3) is 0.500. The largest absolute Gasteiger partial charge is 0.573 e.